The number of methoxy groups -OCH3 is 2. The Morgan fingerprint density at radius 1 is 0.724 bits per heavy atom. The van der Waals surface area contributed by atoms with Gasteiger partial charge in [0, 0.05) is 43.4 Å². The molecular formula is C20H22N2O7. The van der Waals surface area contributed by atoms with Crippen LogP contribution in [0.3, 0.4) is 0 Å². The van der Waals surface area contributed by atoms with Gasteiger partial charge in [-0.3, -0.25) is 9.59 Å². The van der Waals surface area contributed by atoms with Gasteiger partial charge >= 0.3 is 0 Å². The van der Waals surface area contributed by atoms with Crippen molar-refractivity contribution >= 4 is 11.8 Å². The number of carbonyl (C=O) groups is 2. The molecule has 2 aromatic carbocycles. The Bertz CT molecular complexity index is 891. The van der Waals surface area contributed by atoms with E-state index in [9.17, 15) is 24.9 Å². The number of amides is 2. The monoisotopic (exact) mass is 402 g/mol. The molecule has 9 heteroatoms. The second-order valence-corrected chi connectivity index (χ2v) is 6.55. The van der Waals surface area contributed by atoms with E-state index in [1.54, 1.807) is 23.1 Å². The summed E-state index contributed by atoms with van der Waals surface area (Å²) in [5.74, 6) is -1.42. The minimum atomic E-state index is -0.675. The molecule has 0 bridgehead atoms. The molecule has 1 fully saturated rings. The van der Waals surface area contributed by atoms with Gasteiger partial charge in [0.1, 0.15) is 11.5 Å². The predicted octanol–water partition coefficient (Wildman–Crippen LogP) is 1.42. The van der Waals surface area contributed by atoms with Crippen LogP contribution >= 0.6 is 0 Å². The topological polar surface area (TPSA) is 120 Å². The highest BCUT2D eigenvalue weighted by Gasteiger charge is 2.27. The number of aromatic hydroxyl groups is 3. The van der Waals surface area contributed by atoms with E-state index in [2.05, 4.69) is 0 Å². The van der Waals surface area contributed by atoms with Crippen LogP contribution in [-0.4, -0.2) is 77.3 Å². The summed E-state index contributed by atoms with van der Waals surface area (Å²) in [7, 11) is 3.01. The molecule has 1 heterocycles. The number of ether oxygens (including phenoxy) is 2. The maximum atomic E-state index is 12.8. The van der Waals surface area contributed by atoms with E-state index >= 15 is 0 Å². The summed E-state index contributed by atoms with van der Waals surface area (Å²) in [6, 6.07) is 7.12. The van der Waals surface area contributed by atoms with Crippen LogP contribution < -0.4 is 9.47 Å². The fraction of sp³-hybridized carbons (Fsp3) is 0.300. The molecule has 0 spiro atoms. The second-order valence-electron chi connectivity index (χ2n) is 6.55. The van der Waals surface area contributed by atoms with Crippen molar-refractivity contribution in [3.05, 3.63) is 41.5 Å². The summed E-state index contributed by atoms with van der Waals surface area (Å²) in [6.07, 6.45) is 0. The SMILES string of the molecule is COc1cc(OC)cc(C(=O)N2CCN(C(=O)c3cc(O)c(O)c(O)c3)CC2)c1. The average Bonchev–Trinajstić information content (AvgIpc) is 2.75. The van der Waals surface area contributed by atoms with E-state index in [0.29, 0.717) is 30.2 Å². The van der Waals surface area contributed by atoms with Crippen LogP contribution in [0.4, 0.5) is 0 Å². The van der Waals surface area contributed by atoms with Crippen LogP contribution in [-0.2, 0) is 0 Å². The fourth-order valence-corrected chi connectivity index (χ4v) is 3.14. The van der Waals surface area contributed by atoms with E-state index < -0.39 is 23.2 Å². The lowest BCUT2D eigenvalue weighted by atomic mass is 10.1. The van der Waals surface area contributed by atoms with Crippen molar-refractivity contribution in [1.29, 1.82) is 0 Å². The number of benzene rings is 2. The average molecular weight is 402 g/mol. The van der Waals surface area contributed by atoms with Gasteiger partial charge in [0.2, 0.25) is 0 Å². The van der Waals surface area contributed by atoms with Crippen molar-refractivity contribution in [1.82, 2.24) is 9.80 Å². The van der Waals surface area contributed by atoms with Crippen LogP contribution in [0, 0.1) is 0 Å². The lowest BCUT2D eigenvalue weighted by Crippen LogP contribution is -2.50. The first-order valence-corrected chi connectivity index (χ1v) is 8.90. The summed E-state index contributed by atoms with van der Waals surface area (Å²) in [6.45, 7) is 1.21. The molecule has 0 aromatic heterocycles. The third-order valence-electron chi connectivity index (χ3n) is 4.77. The maximum Gasteiger partial charge on any atom is 0.254 e. The molecular weight excluding hydrogens is 380 g/mol. The van der Waals surface area contributed by atoms with Crippen LogP contribution in [0.2, 0.25) is 0 Å². The minimum Gasteiger partial charge on any atom is -0.504 e. The molecule has 0 radical (unpaired) electrons. The Labute approximate surface area is 167 Å². The number of phenolic OH excluding ortho intramolecular Hbond substituents is 3. The third-order valence-corrected chi connectivity index (χ3v) is 4.77. The molecule has 1 saturated heterocycles. The number of rotatable bonds is 4. The van der Waals surface area contributed by atoms with Crippen molar-refractivity contribution in [2.45, 2.75) is 0 Å². The molecule has 29 heavy (non-hydrogen) atoms. The van der Waals surface area contributed by atoms with Gasteiger partial charge in [0.25, 0.3) is 11.8 Å². The Kier molecular flexibility index (Phi) is 5.67. The third kappa shape index (κ3) is 4.13. The van der Waals surface area contributed by atoms with Gasteiger partial charge in [-0.1, -0.05) is 0 Å². The van der Waals surface area contributed by atoms with Gasteiger partial charge in [0.05, 0.1) is 14.2 Å². The van der Waals surface area contributed by atoms with Gasteiger partial charge in [-0.2, -0.15) is 0 Å². The molecule has 2 amide bonds. The van der Waals surface area contributed by atoms with Crippen molar-refractivity contribution < 1.29 is 34.4 Å². The zero-order chi connectivity index (χ0) is 21.1. The Morgan fingerprint density at radius 2 is 1.10 bits per heavy atom. The number of carbonyl (C=O) groups excluding carboxylic acids is 2. The number of piperazine rings is 1. The quantitative estimate of drug-likeness (QED) is 0.662. The zero-order valence-corrected chi connectivity index (χ0v) is 16.1. The number of phenols is 3. The smallest absolute Gasteiger partial charge is 0.254 e. The van der Waals surface area contributed by atoms with Crippen molar-refractivity contribution in [3.63, 3.8) is 0 Å². The highest BCUT2D eigenvalue weighted by molar-refractivity contribution is 5.97. The van der Waals surface area contributed by atoms with Gasteiger partial charge in [-0.25, -0.2) is 0 Å². The number of hydrogen-bond donors (Lipinski definition) is 3. The maximum absolute atomic E-state index is 12.8. The van der Waals surface area contributed by atoms with Crippen LogP contribution in [0.5, 0.6) is 28.7 Å². The van der Waals surface area contributed by atoms with Crippen LogP contribution in [0.1, 0.15) is 20.7 Å². The first kappa shape index (κ1) is 20.1. The largest absolute Gasteiger partial charge is 0.504 e. The molecule has 154 valence electrons. The molecule has 0 saturated carbocycles. The molecule has 2 aromatic rings. The normalized spacial score (nSPS) is 13.9. The van der Waals surface area contributed by atoms with Crippen molar-refractivity contribution in [3.8, 4) is 28.7 Å². The fourth-order valence-electron chi connectivity index (χ4n) is 3.14. The Hall–Kier alpha value is -3.62. The van der Waals surface area contributed by atoms with Gasteiger partial charge in [0.15, 0.2) is 17.2 Å². The van der Waals surface area contributed by atoms with Gasteiger partial charge in [-0.05, 0) is 24.3 Å². The van der Waals surface area contributed by atoms with Crippen molar-refractivity contribution in [2.24, 2.45) is 0 Å². The summed E-state index contributed by atoms with van der Waals surface area (Å²) < 4.78 is 10.4. The molecule has 0 aliphatic carbocycles. The van der Waals surface area contributed by atoms with Crippen LogP contribution in [0.25, 0.3) is 0 Å². The lowest BCUT2D eigenvalue weighted by Gasteiger charge is -2.35. The predicted molar refractivity (Wildman–Crippen MR) is 103 cm³/mol. The molecule has 3 N–H and O–H groups in total. The first-order valence-electron chi connectivity index (χ1n) is 8.90. The number of hydrogen-bond acceptors (Lipinski definition) is 7. The van der Waals surface area contributed by atoms with E-state index in [0.717, 1.165) is 12.1 Å². The van der Waals surface area contributed by atoms with E-state index in [1.807, 2.05) is 0 Å². The Morgan fingerprint density at radius 3 is 1.48 bits per heavy atom. The minimum absolute atomic E-state index is 0.0510. The van der Waals surface area contributed by atoms with Gasteiger partial charge in [-0.15, -0.1) is 0 Å². The van der Waals surface area contributed by atoms with E-state index in [4.69, 9.17) is 9.47 Å². The highest BCUT2D eigenvalue weighted by Crippen LogP contribution is 2.35. The summed E-state index contributed by atoms with van der Waals surface area (Å²) in [4.78, 5) is 28.6. The summed E-state index contributed by atoms with van der Waals surface area (Å²) in [5.41, 5.74) is 0.476. The Balaban J connectivity index is 1.69. The van der Waals surface area contributed by atoms with E-state index in [-0.39, 0.29) is 24.6 Å². The summed E-state index contributed by atoms with van der Waals surface area (Å²) in [5, 5.41) is 28.6. The lowest BCUT2D eigenvalue weighted by molar-refractivity contribution is 0.0535. The molecule has 3 rings (SSSR count). The summed E-state index contributed by atoms with van der Waals surface area (Å²) >= 11 is 0. The molecule has 9 nitrogen and oxygen atoms in total. The second kappa shape index (κ2) is 8.17. The molecule has 0 atom stereocenters. The highest BCUT2D eigenvalue weighted by atomic mass is 16.5. The van der Waals surface area contributed by atoms with Crippen molar-refractivity contribution in [2.75, 3.05) is 40.4 Å². The van der Waals surface area contributed by atoms with Crippen LogP contribution in [0.15, 0.2) is 30.3 Å². The zero-order valence-electron chi connectivity index (χ0n) is 16.1. The first-order chi connectivity index (χ1) is 13.8. The number of nitrogens with zero attached hydrogens (tertiary/aromatic N) is 2. The standard InChI is InChI=1S/C20H22N2O7/c1-28-14-7-12(8-15(11-14)29-2)19(26)21-3-5-22(6-4-21)20(27)13-9-16(23)18(25)17(24)10-13/h7-11,23-25H,3-6H2,1-2H3. The van der Waals surface area contributed by atoms with E-state index in [1.165, 1.54) is 19.1 Å². The molecule has 1 aliphatic rings. The molecule has 1 aliphatic heterocycles. The van der Waals surface area contributed by atoms with Gasteiger partial charge < -0.3 is 34.6 Å². The molecule has 0 unspecified atom stereocenters.